The van der Waals surface area contributed by atoms with Gasteiger partial charge in [-0.2, -0.15) is 0 Å². The SMILES string of the molecule is Cl.Cl.ClCC[Se]CCCl. The Kier molecular flexibility index (Phi) is 30.8. The summed E-state index contributed by atoms with van der Waals surface area (Å²) in [5.41, 5.74) is 0. The van der Waals surface area contributed by atoms with Gasteiger partial charge in [0, 0.05) is 0 Å². The van der Waals surface area contributed by atoms with Crippen molar-refractivity contribution >= 4 is 63.0 Å². The van der Waals surface area contributed by atoms with E-state index in [1.54, 1.807) is 0 Å². The molecule has 0 aromatic rings. The summed E-state index contributed by atoms with van der Waals surface area (Å²) in [6.07, 6.45) is 0. The molecule has 0 atom stereocenters. The predicted molar refractivity (Wildman–Crippen MR) is 51.3 cm³/mol. The molecule has 0 rings (SSSR count). The molecule has 0 spiro atoms. The molecule has 0 aliphatic carbocycles. The number of alkyl halides is 2. The molecule has 0 aromatic carbocycles. The summed E-state index contributed by atoms with van der Waals surface area (Å²) in [6.45, 7) is 0. The van der Waals surface area contributed by atoms with E-state index >= 15 is 0 Å². The molecule has 0 aromatic heterocycles. The number of halogens is 4. The van der Waals surface area contributed by atoms with Crippen molar-refractivity contribution in [3.05, 3.63) is 0 Å². The molecule has 0 aliphatic rings. The van der Waals surface area contributed by atoms with Crippen LogP contribution in [0.15, 0.2) is 0 Å². The molecule has 0 nitrogen and oxygen atoms in total. The van der Waals surface area contributed by atoms with Crippen molar-refractivity contribution in [2.24, 2.45) is 0 Å². The molecular weight excluding hydrogens is 269 g/mol. The van der Waals surface area contributed by atoms with Crippen LogP contribution in [-0.4, -0.2) is 26.7 Å². The van der Waals surface area contributed by atoms with Gasteiger partial charge in [-0.3, -0.25) is 0 Å². The van der Waals surface area contributed by atoms with E-state index in [0.717, 1.165) is 11.8 Å². The van der Waals surface area contributed by atoms with Crippen molar-refractivity contribution < 1.29 is 0 Å². The van der Waals surface area contributed by atoms with Crippen molar-refractivity contribution in [2.75, 3.05) is 11.8 Å². The summed E-state index contributed by atoms with van der Waals surface area (Å²) in [6, 6.07) is 0. The Balaban J connectivity index is -0.000000180. The molecule has 0 bridgehead atoms. The maximum absolute atomic E-state index is 5.41. The van der Waals surface area contributed by atoms with E-state index in [2.05, 4.69) is 0 Å². The summed E-state index contributed by atoms with van der Waals surface area (Å²) in [5, 5.41) is 2.34. The Bertz CT molecular complexity index is 31.7. The summed E-state index contributed by atoms with van der Waals surface area (Å²) in [7, 11) is 0. The molecule has 0 fully saturated rings. The first-order valence-electron chi connectivity index (χ1n) is 2.11. The van der Waals surface area contributed by atoms with Crippen LogP contribution in [0.4, 0.5) is 0 Å². The molecule has 0 saturated carbocycles. The van der Waals surface area contributed by atoms with E-state index in [9.17, 15) is 0 Å². The zero-order valence-corrected chi connectivity index (χ0v) is 9.67. The van der Waals surface area contributed by atoms with Crippen molar-refractivity contribution in [3.8, 4) is 0 Å². The van der Waals surface area contributed by atoms with Crippen molar-refractivity contribution in [1.82, 2.24) is 0 Å². The molecule has 0 amide bonds. The molecule has 0 aliphatic heterocycles. The molecule has 60 valence electrons. The molecule has 0 N–H and O–H groups in total. The van der Waals surface area contributed by atoms with Gasteiger partial charge in [0.25, 0.3) is 0 Å². The monoisotopic (exact) mass is 278 g/mol. The Morgan fingerprint density at radius 3 is 1.44 bits per heavy atom. The van der Waals surface area contributed by atoms with E-state index in [1.807, 2.05) is 0 Å². The van der Waals surface area contributed by atoms with Gasteiger partial charge in [-0.05, 0) is 0 Å². The van der Waals surface area contributed by atoms with Crippen LogP contribution in [0.2, 0.25) is 10.6 Å². The van der Waals surface area contributed by atoms with Gasteiger partial charge >= 0.3 is 60.6 Å². The summed E-state index contributed by atoms with van der Waals surface area (Å²) in [5.74, 6) is 1.60. The summed E-state index contributed by atoms with van der Waals surface area (Å²) in [4.78, 5) is 0. The zero-order chi connectivity index (χ0) is 5.54. The van der Waals surface area contributed by atoms with Gasteiger partial charge in [0.2, 0.25) is 0 Å². The molecule has 9 heavy (non-hydrogen) atoms. The van der Waals surface area contributed by atoms with E-state index in [1.165, 1.54) is 10.6 Å². The maximum atomic E-state index is 5.41. The van der Waals surface area contributed by atoms with Gasteiger partial charge in [-0.1, -0.05) is 0 Å². The van der Waals surface area contributed by atoms with Crippen LogP contribution < -0.4 is 0 Å². The number of rotatable bonds is 4. The van der Waals surface area contributed by atoms with Crippen LogP contribution in [0.25, 0.3) is 0 Å². The second-order valence-corrected chi connectivity index (χ2v) is 4.32. The Morgan fingerprint density at radius 2 is 1.22 bits per heavy atom. The number of hydrogen-bond donors (Lipinski definition) is 0. The fourth-order valence-electron chi connectivity index (χ4n) is 0.211. The minimum absolute atomic E-state index is 0. The van der Waals surface area contributed by atoms with Crippen molar-refractivity contribution in [1.29, 1.82) is 0 Å². The standard InChI is InChI=1S/C4H8Cl2Se.2ClH/c5-1-3-7-4-2-6;;/h1-4H2;2*1H. The second-order valence-electron chi connectivity index (χ2n) is 0.990. The fourth-order valence-corrected chi connectivity index (χ4v) is 2.23. The predicted octanol–water partition coefficient (Wildman–Crippen LogP) is 2.85. The van der Waals surface area contributed by atoms with Crippen LogP contribution in [0, 0.1) is 0 Å². The van der Waals surface area contributed by atoms with E-state index < -0.39 is 0 Å². The minimum atomic E-state index is 0. The normalized spacial score (nSPS) is 7.33. The van der Waals surface area contributed by atoms with Gasteiger partial charge in [0.1, 0.15) is 0 Å². The third kappa shape index (κ3) is 17.7. The average molecular weight is 279 g/mol. The topological polar surface area (TPSA) is 0 Å². The van der Waals surface area contributed by atoms with Crippen LogP contribution in [-0.2, 0) is 0 Å². The Morgan fingerprint density at radius 1 is 0.889 bits per heavy atom. The van der Waals surface area contributed by atoms with E-state index in [0.29, 0.717) is 15.0 Å². The molecule has 0 unspecified atom stereocenters. The first kappa shape index (κ1) is 17.0. The molecule has 0 saturated heterocycles. The molecule has 5 heteroatoms. The van der Waals surface area contributed by atoms with Crippen molar-refractivity contribution in [2.45, 2.75) is 10.6 Å². The van der Waals surface area contributed by atoms with Crippen LogP contribution >= 0.6 is 48.0 Å². The van der Waals surface area contributed by atoms with Gasteiger partial charge in [-0.15, -0.1) is 24.8 Å². The average Bonchev–Trinajstić information content (AvgIpc) is 1.69. The molecular formula is C4H10Cl4Se. The fraction of sp³-hybridized carbons (Fsp3) is 1.00. The third-order valence-corrected chi connectivity index (χ3v) is 3.91. The van der Waals surface area contributed by atoms with Gasteiger partial charge in [0.05, 0.1) is 0 Å². The van der Waals surface area contributed by atoms with Crippen LogP contribution in [0.3, 0.4) is 0 Å². The van der Waals surface area contributed by atoms with Crippen LogP contribution in [0.5, 0.6) is 0 Å². The summed E-state index contributed by atoms with van der Waals surface area (Å²) >= 11 is 11.5. The first-order valence-corrected chi connectivity index (χ1v) is 5.60. The Labute approximate surface area is 85.0 Å². The zero-order valence-electron chi connectivity index (χ0n) is 4.81. The summed E-state index contributed by atoms with van der Waals surface area (Å²) < 4.78 is 0. The Hall–Kier alpha value is 1.68. The van der Waals surface area contributed by atoms with Gasteiger partial charge in [0.15, 0.2) is 0 Å². The van der Waals surface area contributed by atoms with Crippen molar-refractivity contribution in [3.63, 3.8) is 0 Å². The van der Waals surface area contributed by atoms with Crippen LogP contribution in [0.1, 0.15) is 0 Å². The van der Waals surface area contributed by atoms with E-state index in [-0.39, 0.29) is 24.8 Å². The van der Waals surface area contributed by atoms with Gasteiger partial charge in [-0.25, -0.2) is 0 Å². The molecule has 0 heterocycles. The molecule has 0 radical (unpaired) electrons. The van der Waals surface area contributed by atoms with E-state index in [4.69, 9.17) is 23.2 Å². The quantitative estimate of drug-likeness (QED) is 0.421. The third-order valence-electron chi connectivity index (χ3n) is 0.443. The van der Waals surface area contributed by atoms with Gasteiger partial charge < -0.3 is 0 Å². The second kappa shape index (κ2) is 16.3. The first-order chi connectivity index (χ1) is 3.41. The number of hydrogen-bond acceptors (Lipinski definition) is 0.